The summed E-state index contributed by atoms with van der Waals surface area (Å²) in [5.41, 5.74) is 2.06. The third kappa shape index (κ3) is 3.10. The lowest BCUT2D eigenvalue weighted by Crippen LogP contribution is -2.27. The first-order chi connectivity index (χ1) is 13.1. The number of carbonyl (C=O) groups is 1. The van der Waals surface area contributed by atoms with Gasteiger partial charge in [-0.3, -0.25) is 9.69 Å². The lowest BCUT2D eigenvalue weighted by atomic mass is 10.1. The Hall–Kier alpha value is -3.06. The van der Waals surface area contributed by atoms with Crippen molar-refractivity contribution in [3.63, 3.8) is 0 Å². The van der Waals surface area contributed by atoms with Crippen molar-refractivity contribution in [2.24, 2.45) is 0 Å². The highest BCUT2D eigenvalue weighted by Gasteiger charge is 2.22. The molecule has 0 fully saturated rings. The summed E-state index contributed by atoms with van der Waals surface area (Å²) in [7, 11) is 1.73. The van der Waals surface area contributed by atoms with Gasteiger partial charge in [-0.2, -0.15) is 5.10 Å². The van der Waals surface area contributed by atoms with Crippen molar-refractivity contribution in [3.8, 4) is 10.6 Å². The van der Waals surface area contributed by atoms with E-state index in [1.807, 2.05) is 60.3 Å². The average Bonchev–Trinajstić information content (AvgIpc) is 3.36. The minimum absolute atomic E-state index is 0.137. The molecule has 0 aromatic carbocycles. The van der Waals surface area contributed by atoms with Crippen LogP contribution in [-0.4, -0.2) is 32.7 Å². The minimum atomic E-state index is -0.137. The predicted octanol–water partition coefficient (Wildman–Crippen LogP) is 4.41. The third-order valence-electron chi connectivity index (χ3n) is 4.36. The number of anilines is 1. The fourth-order valence-corrected chi connectivity index (χ4v) is 3.65. The zero-order chi connectivity index (χ0) is 19.0. The molecule has 1 amide bonds. The van der Waals surface area contributed by atoms with E-state index in [1.54, 1.807) is 35.7 Å². The number of rotatable bonds is 4. The zero-order valence-corrected chi connectivity index (χ0v) is 16.1. The van der Waals surface area contributed by atoms with Crippen LogP contribution in [0.3, 0.4) is 0 Å². The molecule has 6 nitrogen and oxygen atoms in total. The Morgan fingerprint density at radius 1 is 1.22 bits per heavy atom. The molecule has 0 N–H and O–H groups in total. The summed E-state index contributed by atoms with van der Waals surface area (Å²) in [5.74, 6) is 0.462. The Balaban J connectivity index is 1.89. The molecule has 4 rings (SSSR count). The highest BCUT2D eigenvalue weighted by Crippen LogP contribution is 2.29. The predicted molar refractivity (Wildman–Crippen MR) is 108 cm³/mol. The number of fused-ring (bicyclic) bond motifs is 1. The van der Waals surface area contributed by atoms with Gasteiger partial charge in [0.25, 0.3) is 5.91 Å². The Morgan fingerprint density at radius 3 is 2.74 bits per heavy atom. The van der Waals surface area contributed by atoms with Crippen molar-refractivity contribution < 1.29 is 4.79 Å². The van der Waals surface area contributed by atoms with Gasteiger partial charge in [-0.25, -0.2) is 14.6 Å². The first kappa shape index (κ1) is 17.4. The smallest absolute Gasteiger partial charge is 0.260 e. The molecule has 0 aliphatic carbocycles. The van der Waals surface area contributed by atoms with E-state index in [0.717, 1.165) is 16.0 Å². The van der Waals surface area contributed by atoms with E-state index in [2.05, 4.69) is 10.1 Å². The second kappa shape index (κ2) is 6.92. The largest absolute Gasteiger partial charge is 0.296 e. The van der Waals surface area contributed by atoms with Crippen LogP contribution in [0.4, 0.5) is 5.82 Å². The molecule has 0 radical (unpaired) electrons. The molecule has 4 heterocycles. The van der Waals surface area contributed by atoms with E-state index >= 15 is 0 Å². The molecular formula is C20H19N5OS. The van der Waals surface area contributed by atoms with Crippen molar-refractivity contribution in [3.05, 3.63) is 59.7 Å². The first-order valence-corrected chi connectivity index (χ1v) is 9.55. The van der Waals surface area contributed by atoms with Gasteiger partial charge < -0.3 is 0 Å². The fraction of sp³-hybridized carbons (Fsp3) is 0.200. The maximum atomic E-state index is 13.3. The number of aromatic nitrogens is 4. The van der Waals surface area contributed by atoms with Crippen molar-refractivity contribution in [1.29, 1.82) is 0 Å². The van der Waals surface area contributed by atoms with Gasteiger partial charge in [0.2, 0.25) is 0 Å². The highest BCUT2D eigenvalue weighted by atomic mass is 32.1. The summed E-state index contributed by atoms with van der Waals surface area (Å²) in [4.78, 5) is 24.9. The van der Waals surface area contributed by atoms with E-state index in [-0.39, 0.29) is 11.9 Å². The van der Waals surface area contributed by atoms with Crippen molar-refractivity contribution in [2.75, 3.05) is 11.9 Å². The normalized spacial score (nSPS) is 11.3. The molecule has 0 aliphatic heterocycles. The number of carbonyl (C=O) groups excluding carboxylic acids is 1. The maximum absolute atomic E-state index is 13.3. The molecule has 0 aliphatic rings. The van der Waals surface area contributed by atoms with E-state index in [4.69, 9.17) is 4.98 Å². The molecule has 136 valence electrons. The molecule has 7 heteroatoms. The molecule has 4 aromatic heterocycles. The molecule has 0 atom stereocenters. The summed E-state index contributed by atoms with van der Waals surface area (Å²) in [6, 6.07) is 11.5. The molecule has 0 unspecified atom stereocenters. The van der Waals surface area contributed by atoms with Crippen LogP contribution in [0.2, 0.25) is 0 Å². The van der Waals surface area contributed by atoms with Gasteiger partial charge in [0, 0.05) is 19.3 Å². The number of pyridine rings is 2. The third-order valence-corrected chi connectivity index (χ3v) is 5.25. The SMILES string of the molecule is CC(C)n1ncc2c(C(=O)N(C)c3ccccn3)cc(-c3cccs3)nc21. The Bertz CT molecular complexity index is 1090. The van der Waals surface area contributed by atoms with Crippen LogP contribution in [0.15, 0.2) is 54.2 Å². The standard InChI is InChI=1S/C20H19N5OS/c1-13(2)25-19-15(12-22-25)14(11-16(23-19)17-7-6-10-27-17)20(26)24(3)18-8-4-5-9-21-18/h4-13H,1-3H3. The van der Waals surface area contributed by atoms with Crippen LogP contribution in [0.5, 0.6) is 0 Å². The highest BCUT2D eigenvalue weighted by molar-refractivity contribution is 7.13. The minimum Gasteiger partial charge on any atom is -0.296 e. The lowest BCUT2D eigenvalue weighted by Gasteiger charge is -2.17. The number of hydrogen-bond acceptors (Lipinski definition) is 5. The van der Waals surface area contributed by atoms with Crippen LogP contribution in [0, 0.1) is 0 Å². The van der Waals surface area contributed by atoms with Crippen molar-refractivity contribution in [2.45, 2.75) is 19.9 Å². The topological polar surface area (TPSA) is 63.9 Å². The first-order valence-electron chi connectivity index (χ1n) is 8.67. The van der Waals surface area contributed by atoms with E-state index in [1.165, 1.54) is 0 Å². The molecule has 0 saturated heterocycles. The summed E-state index contributed by atoms with van der Waals surface area (Å²) in [6.45, 7) is 4.10. The summed E-state index contributed by atoms with van der Waals surface area (Å²) < 4.78 is 1.85. The number of nitrogens with zero attached hydrogens (tertiary/aromatic N) is 5. The molecule has 4 aromatic rings. The van der Waals surface area contributed by atoms with E-state index < -0.39 is 0 Å². The van der Waals surface area contributed by atoms with Gasteiger partial charge in [-0.1, -0.05) is 12.1 Å². The average molecular weight is 377 g/mol. The Morgan fingerprint density at radius 2 is 2.07 bits per heavy atom. The summed E-state index contributed by atoms with van der Waals surface area (Å²) in [5, 5.41) is 7.21. The van der Waals surface area contributed by atoms with Crippen LogP contribution in [0.1, 0.15) is 30.2 Å². The molecular weight excluding hydrogens is 358 g/mol. The quantitative estimate of drug-likeness (QED) is 0.528. The second-order valence-electron chi connectivity index (χ2n) is 6.50. The van der Waals surface area contributed by atoms with Gasteiger partial charge in [-0.05, 0) is 43.5 Å². The lowest BCUT2D eigenvalue weighted by molar-refractivity contribution is 0.0994. The molecule has 0 spiro atoms. The van der Waals surface area contributed by atoms with E-state index in [9.17, 15) is 4.79 Å². The van der Waals surface area contributed by atoms with Crippen LogP contribution < -0.4 is 4.90 Å². The van der Waals surface area contributed by atoms with Crippen LogP contribution in [-0.2, 0) is 0 Å². The van der Waals surface area contributed by atoms with Crippen molar-refractivity contribution >= 4 is 34.1 Å². The van der Waals surface area contributed by atoms with Crippen molar-refractivity contribution in [1.82, 2.24) is 19.7 Å². The van der Waals surface area contributed by atoms with E-state index in [0.29, 0.717) is 17.0 Å². The van der Waals surface area contributed by atoms with Crippen LogP contribution in [0.25, 0.3) is 21.6 Å². The number of hydrogen-bond donors (Lipinski definition) is 0. The summed E-state index contributed by atoms with van der Waals surface area (Å²) >= 11 is 1.60. The molecule has 0 bridgehead atoms. The molecule has 27 heavy (non-hydrogen) atoms. The van der Waals surface area contributed by atoms with Gasteiger partial charge in [0.15, 0.2) is 5.65 Å². The van der Waals surface area contributed by atoms with Gasteiger partial charge in [0.05, 0.1) is 27.7 Å². The van der Waals surface area contributed by atoms with Crippen LogP contribution >= 0.6 is 11.3 Å². The van der Waals surface area contributed by atoms with Gasteiger partial charge >= 0.3 is 0 Å². The Kier molecular flexibility index (Phi) is 4.45. The Labute approximate surface area is 161 Å². The number of amides is 1. The number of thiophene rings is 1. The zero-order valence-electron chi connectivity index (χ0n) is 15.3. The van der Waals surface area contributed by atoms with Gasteiger partial charge in [0.1, 0.15) is 5.82 Å². The fourth-order valence-electron chi connectivity index (χ4n) is 2.96. The second-order valence-corrected chi connectivity index (χ2v) is 7.45. The van der Waals surface area contributed by atoms with Gasteiger partial charge in [-0.15, -0.1) is 11.3 Å². The molecule has 0 saturated carbocycles. The maximum Gasteiger partial charge on any atom is 0.260 e. The monoisotopic (exact) mass is 377 g/mol. The summed E-state index contributed by atoms with van der Waals surface area (Å²) in [6.07, 6.45) is 3.40.